The summed E-state index contributed by atoms with van der Waals surface area (Å²) in [6.45, 7) is 5.55. The van der Waals surface area contributed by atoms with Crippen LogP contribution in [0, 0.1) is 0 Å². The van der Waals surface area contributed by atoms with Gasteiger partial charge in [0.1, 0.15) is 12.4 Å². The van der Waals surface area contributed by atoms with Crippen molar-refractivity contribution in [2.45, 2.75) is 6.92 Å². The van der Waals surface area contributed by atoms with E-state index < -0.39 is 0 Å². The third-order valence-electron chi connectivity index (χ3n) is 3.17. The van der Waals surface area contributed by atoms with Crippen LogP contribution >= 0.6 is 0 Å². The highest BCUT2D eigenvalue weighted by atomic mass is 16.5. The van der Waals surface area contributed by atoms with Crippen LogP contribution in [0.25, 0.3) is 0 Å². The number of hydrogen-bond acceptors (Lipinski definition) is 4. The summed E-state index contributed by atoms with van der Waals surface area (Å²) in [5.74, 6) is 0.332. The third kappa shape index (κ3) is 6.02. The standard InChI is InChI=1S/C19H21N3O3/c1-3-12-25-18-7-5-4-6-17(18)20-13-19(24)22-16-10-8-15(9-11-16)21-14(2)23/h3-11,20H,1,12-13H2,2H3,(H,21,23)(H,22,24). The highest BCUT2D eigenvalue weighted by molar-refractivity contribution is 5.94. The fraction of sp³-hybridized carbons (Fsp3) is 0.158. The minimum absolute atomic E-state index is 0.0991. The summed E-state index contributed by atoms with van der Waals surface area (Å²) in [5, 5.41) is 8.51. The summed E-state index contributed by atoms with van der Waals surface area (Å²) in [6, 6.07) is 14.3. The van der Waals surface area contributed by atoms with Crippen molar-refractivity contribution in [3.05, 3.63) is 61.2 Å². The first-order valence-corrected chi connectivity index (χ1v) is 7.82. The molecule has 0 aliphatic carbocycles. The number of para-hydroxylation sites is 2. The van der Waals surface area contributed by atoms with E-state index >= 15 is 0 Å². The van der Waals surface area contributed by atoms with Gasteiger partial charge in [-0.15, -0.1) is 0 Å². The maximum absolute atomic E-state index is 12.1. The number of amides is 2. The Labute approximate surface area is 146 Å². The molecule has 2 amide bonds. The van der Waals surface area contributed by atoms with Crippen molar-refractivity contribution in [3.63, 3.8) is 0 Å². The van der Waals surface area contributed by atoms with E-state index in [1.807, 2.05) is 24.3 Å². The Morgan fingerprint density at radius 1 is 1.04 bits per heavy atom. The predicted octanol–water partition coefficient (Wildman–Crippen LogP) is 3.26. The number of carbonyl (C=O) groups excluding carboxylic acids is 2. The highest BCUT2D eigenvalue weighted by Gasteiger charge is 2.06. The van der Waals surface area contributed by atoms with Gasteiger partial charge in [0, 0.05) is 18.3 Å². The van der Waals surface area contributed by atoms with E-state index in [-0.39, 0.29) is 18.4 Å². The summed E-state index contributed by atoms with van der Waals surface area (Å²) in [5.41, 5.74) is 2.06. The molecule has 6 heteroatoms. The van der Waals surface area contributed by atoms with Crippen molar-refractivity contribution in [1.82, 2.24) is 0 Å². The van der Waals surface area contributed by atoms with Gasteiger partial charge in [-0.1, -0.05) is 24.8 Å². The maximum Gasteiger partial charge on any atom is 0.243 e. The van der Waals surface area contributed by atoms with E-state index in [0.29, 0.717) is 23.7 Å². The van der Waals surface area contributed by atoms with Gasteiger partial charge in [-0.05, 0) is 36.4 Å². The monoisotopic (exact) mass is 339 g/mol. The molecule has 2 aromatic rings. The molecular formula is C19H21N3O3. The predicted molar refractivity (Wildman–Crippen MR) is 100.0 cm³/mol. The molecule has 3 N–H and O–H groups in total. The van der Waals surface area contributed by atoms with E-state index in [2.05, 4.69) is 22.5 Å². The van der Waals surface area contributed by atoms with Gasteiger partial charge in [-0.3, -0.25) is 9.59 Å². The lowest BCUT2D eigenvalue weighted by Gasteiger charge is -2.12. The molecule has 2 aromatic carbocycles. The first-order chi connectivity index (χ1) is 12.1. The maximum atomic E-state index is 12.1. The molecule has 0 fully saturated rings. The average molecular weight is 339 g/mol. The zero-order valence-corrected chi connectivity index (χ0v) is 14.0. The quantitative estimate of drug-likeness (QED) is 0.645. The van der Waals surface area contributed by atoms with Crippen LogP contribution in [-0.2, 0) is 9.59 Å². The zero-order chi connectivity index (χ0) is 18.1. The van der Waals surface area contributed by atoms with E-state index in [1.54, 1.807) is 30.3 Å². The Bertz CT molecular complexity index is 742. The molecule has 0 atom stereocenters. The second kappa shape index (κ2) is 9.12. The van der Waals surface area contributed by atoms with Crippen LogP contribution in [0.3, 0.4) is 0 Å². The summed E-state index contributed by atoms with van der Waals surface area (Å²) in [7, 11) is 0. The summed E-state index contributed by atoms with van der Waals surface area (Å²) in [4.78, 5) is 23.1. The van der Waals surface area contributed by atoms with Gasteiger partial charge in [0.25, 0.3) is 0 Å². The molecule has 0 spiro atoms. The first-order valence-electron chi connectivity index (χ1n) is 7.82. The normalized spacial score (nSPS) is 9.80. The van der Waals surface area contributed by atoms with Crippen LogP contribution in [0.2, 0.25) is 0 Å². The molecule has 130 valence electrons. The van der Waals surface area contributed by atoms with Crippen LogP contribution in [0.5, 0.6) is 5.75 Å². The molecule has 0 aliphatic rings. The lowest BCUT2D eigenvalue weighted by atomic mass is 10.2. The molecule has 0 aliphatic heterocycles. The van der Waals surface area contributed by atoms with Crippen molar-refractivity contribution in [1.29, 1.82) is 0 Å². The number of nitrogens with one attached hydrogen (secondary N) is 3. The summed E-state index contributed by atoms with van der Waals surface area (Å²) in [6.07, 6.45) is 1.66. The SMILES string of the molecule is C=CCOc1ccccc1NCC(=O)Nc1ccc(NC(C)=O)cc1. The Kier molecular flexibility index (Phi) is 6.59. The molecule has 0 saturated carbocycles. The number of ether oxygens (including phenoxy) is 1. The molecule has 0 heterocycles. The van der Waals surface area contributed by atoms with Crippen molar-refractivity contribution >= 4 is 28.9 Å². The van der Waals surface area contributed by atoms with Crippen LogP contribution in [0.15, 0.2) is 61.2 Å². The smallest absolute Gasteiger partial charge is 0.243 e. The van der Waals surface area contributed by atoms with Gasteiger partial charge in [0.2, 0.25) is 11.8 Å². The highest BCUT2D eigenvalue weighted by Crippen LogP contribution is 2.23. The number of hydrogen-bond donors (Lipinski definition) is 3. The van der Waals surface area contributed by atoms with Crippen molar-refractivity contribution < 1.29 is 14.3 Å². The minimum atomic E-state index is -0.189. The molecule has 2 rings (SSSR count). The van der Waals surface area contributed by atoms with Crippen LogP contribution in [0.1, 0.15) is 6.92 Å². The van der Waals surface area contributed by atoms with Crippen LogP contribution < -0.4 is 20.7 Å². The van der Waals surface area contributed by atoms with E-state index in [1.165, 1.54) is 6.92 Å². The van der Waals surface area contributed by atoms with E-state index in [4.69, 9.17) is 4.74 Å². The van der Waals surface area contributed by atoms with Crippen LogP contribution in [0.4, 0.5) is 17.1 Å². The Balaban J connectivity index is 1.88. The fourth-order valence-electron chi connectivity index (χ4n) is 2.11. The largest absolute Gasteiger partial charge is 0.487 e. The fourth-order valence-corrected chi connectivity index (χ4v) is 2.11. The van der Waals surface area contributed by atoms with E-state index in [9.17, 15) is 9.59 Å². The van der Waals surface area contributed by atoms with Crippen molar-refractivity contribution in [2.75, 3.05) is 29.1 Å². The minimum Gasteiger partial charge on any atom is -0.487 e. The second-order valence-electron chi connectivity index (χ2n) is 5.26. The molecule has 0 aromatic heterocycles. The molecule has 6 nitrogen and oxygen atoms in total. The number of anilines is 3. The van der Waals surface area contributed by atoms with Crippen LogP contribution in [-0.4, -0.2) is 25.0 Å². The lowest BCUT2D eigenvalue weighted by molar-refractivity contribution is -0.115. The first kappa shape index (κ1) is 18.1. The molecule has 25 heavy (non-hydrogen) atoms. The topological polar surface area (TPSA) is 79.5 Å². The molecule has 0 saturated heterocycles. The van der Waals surface area contributed by atoms with Gasteiger partial charge in [0.05, 0.1) is 12.2 Å². The van der Waals surface area contributed by atoms with Crippen molar-refractivity contribution in [2.24, 2.45) is 0 Å². The Morgan fingerprint density at radius 3 is 2.32 bits per heavy atom. The van der Waals surface area contributed by atoms with Gasteiger partial charge >= 0.3 is 0 Å². The number of benzene rings is 2. The third-order valence-corrected chi connectivity index (χ3v) is 3.17. The molecule has 0 unspecified atom stereocenters. The van der Waals surface area contributed by atoms with Gasteiger partial charge in [0.15, 0.2) is 0 Å². The average Bonchev–Trinajstić information content (AvgIpc) is 2.60. The molecular weight excluding hydrogens is 318 g/mol. The van der Waals surface area contributed by atoms with Gasteiger partial charge in [-0.2, -0.15) is 0 Å². The van der Waals surface area contributed by atoms with Gasteiger partial charge < -0.3 is 20.7 Å². The van der Waals surface area contributed by atoms with Gasteiger partial charge in [-0.25, -0.2) is 0 Å². The Hall–Kier alpha value is -3.28. The zero-order valence-electron chi connectivity index (χ0n) is 14.0. The second-order valence-corrected chi connectivity index (χ2v) is 5.26. The summed E-state index contributed by atoms with van der Waals surface area (Å²) >= 11 is 0. The molecule has 0 radical (unpaired) electrons. The van der Waals surface area contributed by atoms with E-state index in [0.717, 1.165) is 5.69 Å². The van der Waals surface area contributed by atoms with Crippen molar-refractivity contribution in [3.8, 4) is 5.75 Å². The number of rotatable bonds is 8. The number of carbonyl (C=O) groups is 2. The lowest BCUT2D eigenvalue weighted by Crippen LogP contribution is -2.22. The Morgan fingerprint density at radius 2 is 1.68 bits per heavy atom. The summed E-state index contributed by atoms with van der Waals surface area (Å²) < 4.78 is 5.53. The molecule has 0 bridgehead atoms.